The van der Waals surface area contributed by atoms with Gasteiger partial charge < -0.3 is 19.0 Å². The molecule has 3 heterocycles. The summed E-state index contributed by atoms with van der Waals surface area (Å²) >= 11 is 2.58. The highest BCUT2D eigenvalue weighted by Gasteiger charge is 2.18. The number of amides is 1. The molecule has 160 valence electrons. The first kappa shape index (κ1) is 22.0. The number of rotatable bonds is 10. The van der Waals surface area contributed by atoms with Crippen molar-refractivity contribution in [3.05, 3.63) is 29.2 Å². The molecule has 0 aliphatic carbocycles. The fraction of sp³-hybridized carbons (Fsp3) is 0.421. The molecule has 0 saturated carbocycles. The largest absolute Gasteiger partial charge is 0.469 e. The van der Waals surface area contributed by atoms with Crippen LogP contribution in [0.1, 0.15) is 31.7 Å². The van der Waals surface area contributed by atoms with Gasteiger partial charge in [0.15, 0.2) is 16.1 Å². The van der Waals surface area contributed by atoms with Crippen molar-refractivity contribution in [2.75, 3.05) is 17.7 Å². The second-order valence-electron chi connectivity index (χ2n) is 6.31. The number of nitrogens with zero attached hydrogens (tertiary/aromatic N) is 4. The molecule has 0 saturated heterocycles. The lowest BCUT2D eigenvalue weighted by Gasteiger charge is -2.08. The van der Waals surface area contributed by atoms with Gasteiger partial charge >= 0.3 is 5.97 Å². The maximum absolute atomic E-state index is 12.3. The zero-order valence-corrected chi connectivity index (χ0v) is 18.6. The van der Waals surface area contributed by atoms with Gasteiger partial charge in [0, 0.05) is 11.9 Å². The van der Waals surface area contributed by atoms with Gasteiger partial charge in [0.1, 0.15) is 5.76 Å². The van der Waals surface area contributed by atoms with Crippen LogP contribution in [-0.4, -0.2) is 44.0 Å². The van der Waals surface area contributed by atoms with Crippen LogP contribution in [0.5, 0.6) is 0 Å². The molecule has 0 aromatic carbocycles. The van der Waals surface area contributed by atoms with Crippen LogP contribution in [0.25, 0.3) is 11.4 Å². The molecular weight excluding hydrogens is 426 g/mol. The minimum atomic E-state index is -0.338. The second-order valence-corrected chi connectivity index (χ2v) is 8.11. The van der Waals surface area contributed by atoms with Crippen LogP contribution in [0.2, 0.25) is 0 Å². The summed E-state index contributed by atoms with van der Waals surface area (Å²) in [6.07, 6.45) is 2.62. The van der Waals surface area contributed by atoms with E-state index in [1.54, 1.807) is 18.6 Å². The SMILES string of the molecule is CCCn1c(SCC(=O)Nc2nc(CC(=O)OCC)cs2)nnc1-c1ccoc1C. The number of anilines is 1. The van der Waals surface area contributed by atoms with Crippen LogP contribution in [0.3, 0.4) is 0 Å². The third kappa shape index (κ3) is 5.48. The lowest BCUT2D eigenvalue weighted by atomic mass is 10.2. The predicted molar refractivity (Wildman–Crippen MR) is 115 cm³/mol. The third-order valence-electron chi connectivity index (χ3n) is 4.03. The maximum atomic E-state index is 12.3. The zero-order chi connectivity index (χ0) is 21.5. The van der Waals surface area contributed by atoms with Crippen LogP contribution in [0, 0.1) is 6.92 Å². The van der Waals surface area contributed by atoms with Crippen molar-refractivity contribution in [3.8, 4) is 11.4 Å². The first-order chi connectivity index (χ1) is 14.5. The quantitative estimate of drug-likeness (QED) is 0.369. The summed E-state index contributed by atoms with van der Waals surface area (Å²) in [6.45, 7) is 6.77. The van der Waals surface area contributed by atoms with E-state index in [1.165, 1.54) is 23.1 Å². The van der Waals surface area contributed by atoms with Gasteiger partial charge in [-0.15, -0.1) is 21.5 Å². The molecule has 9 nitrogen and oxygen atoms in total. The number of furan rings is 1. The van der Waals surface area contributed by atoms with Gasteiger partial charge in [-0.2, -0.15) is 0 Å². The minimum Gasteiger partial charge on any atom is -0.469 e. The molecule has 0 aliphatic heterocycles. The fourth-order valence-electron chi connectivity index (χ4n) is 2.73. The number of ether oxygens (including phenoxy) is 1. The molecule has 3 rings (SSSR count). The Kier molecular flexibility index (Phi) is 7.63. The lowest BCUT2D eigenvalue weighted by Crippen LogP contribution is -2.15. The average Bonchev–Trinajstić information content (AvgIpc) is 3.41. The van der Waals surface area contributed by atoms with E-state index in [1.807, 2.05) is 17.6 Å². The Bertz CT molecular complexity index is 1010. The molecule has 0 atom stereocenters. The number of carbonyl (C=O) groups excluding carboxylic acids is 2. The summed E-state index contributed by atoms with van der Waals surface area (Å²) in [5.41, 5.74) is 1.47. The fourth-order valence-corrected chi connectivity index (χ4v) is 4.22. The second kappa shape index (κ2) is 10.4. The minimum absolute atomic E-state index is 0.0886. The summed E-state index contributed by atoms with van der Waals surface area (Å²) in [5.74, 6) is 1.13. The number of carbonyl (C=O) groups is 2. The zero-order valence-electron chi connectivity index (χ0n) is 17.0. The van der Waals surface area contributed by atoms with Crippen molar-refractivity contribution in [2.45, 2.75) is 45.3 Å². The summed E-state index contributed by atoms with van der Waals surface area (Å²) in [5, 5.41) is 14.2. The molecule has 0 radical (unpaired) electrons. The first-order valence-electron chi connectivity index (χ1n) is 9.52. The van der Waals surface area contributed by atoms with Gasteiger partial charge in [-0.25, -0.2) is 4.98 Å². The standard InChI is InChI=1S/C19H23N5O4S2/c1-4-7-24-17(14-6-8-28-12(14)3)22-23-19(24)30-11-15(25)21-18-20-13(10-29-18)9-16(26)27-5-2/h6,8,10H,4-5,7,9,11H2,1-3H3,(H,20,21,25). The number of thioether (sulfide) groups is 1. The van der Waals surface area contributed by atoms with Gasteiger partial charge in [-0.3, -0.25) is 9.59 Å². The highest BCUT2D eigenvalue weighted by molar-refractivity contribution is 7.99. The van der Waals surface area contributed by atoms with Crippen molar-refractivity contribution in [1.82, 2.24) is 19.7 Å². The van der Waals surface area contributed by atoms with Gasteiger partial charge in [0.05, 0.1) is 36.3 Å². The number of esters is 1. The highest BCUT2D eigenvalue weighted by atomic mass is 32.2. The van der Waals surface area contributed by atoms with E-state index >= 15 is 0 Å². The molecular formula is C19H23N5O4S2. The Morgan fingerprint density at radius 3 is 2.87 bits per heavy atom. The van der Waals surface area contributed by atoms with E-state index < -0.39 is 0 Å². The van der Waals surface area contributed by atoms with Crippen molar-refractivity contribution in [1.29, 1.82) is 0 Å². The summed E-state index contributed by atoms with van der Waals surface area (Å²) < 4.78 is 12.3. The summed E-state index contributed by atoms with van der Waals surface area (Å²) in [7, 11) is 0. The molecule has 30 heavy (non-hydrogen) atoms. The van der Waals surface area contributed by atoms with E-state index in [2.05, 4.69) is 27.4 Å². The number of hydrogen-bond acceptors (Lipinski definition) is 9. The number of nitrogens with one attached hydrogen (secondary N) is 1. The Balaban J connectivity index is 1.60. The van der Waals surface area contributed by atoms with Crippen LogP contribution in [-0.2, 0) is 27.3 Å². The average molecular weight is 450 g/mol. The summed E-state index contributed by atoms with van der Waals surface area (Å²) in [6, 6.07) is 1.86. The number of hydrogen-bond donors (Lipinski definition) is 1. The van der Waals surface area contributed by atoms with Crippen LogP contribution >= 0.6 is 23.1 Å². The Morgan fingerprint density at radius 1 is 1.33 bits per heavy atom. The lowest BCUT2D eigenvalue weighted by molar-refractivity contribution is -0.142. The topological polar surface area (TPSA) is 112 Å². The maximum Gasteiger partial charge on any atom is 0.311 e. The Hall–Kier alpha value is -2.66. The number of aromatic nitrogens is 4. The van der Waals surface area contributed by atoms with Crippen LogP contribution in [0.15, 0.2) is 27.3 Å². The molecule has 0 aliphatic rings. The van der Waals surface area contributed by atoms with Crippen LogP contribution < -0.4 is 5.32 Å². The molecule has 0 unspecified atom stereocenters. The van der Waals surface area contributed by atoms with E-state index in [9.17, 15) is 9.59 Å². The molecule has 0 fully saturated rings. The molecule has 1 amide bonds. The number of thiazole rings is 1. The number of aryl methyl sites for hydroxylation is 1. The highest BCUT2D eigenvalue weighted by Crippen LogP contribution is 2.27. The Labute approximate surface area is 182 Å². The Morgan fingerprint density at radius 2 is 2.17 bits per heavy atom. The van der Waals surface area contributed by atoms with E-state index in [0.717, 1.165) is 30.1 Å². The summed E-state index contributed by atoms with van der Waals surface area (Å²) in [4.78, 5) is 28.1. The predicted octanol–water partition coefficient (Wildman–Crippen LogP) is 3.55. The molecule has 0 bridgehead atoms. The monoisotopic (exact) mass is 449 g/mol. The van der Waals surface area contributed by atoms with Crippen LogP contribution in [0.4, 0.5) is 5.13 Å². The third-order valence-corrected chi connectivity index (χ3v) is 5.80. The first-order valence-corrected chi connectivity index (χ1v) is 11.4. The molecule has 0 spiro atoms. The van der Waals surface area contributed by atoms with Crippen molar-refractivity contribution in [3.63, 3.8) is 0 Å². The van der Waals surface area contributed by atoms with E-state index in [0.29, 0.717) is 22.6 Å². The van der Waals surface area contributed by atoms with E-state index in [-0.39, 0.29) is 24.1 Å². The smallest absolute Gasteiger partial charge is 0.311 e. The molecule has 3 aromatic heterocycles. The normalized spacial score (nSPS) is 10.9. The van der Waals surface area contributed by atoms with Gasteiger partial charge in [-0.1, -0.05) is 18.7 Å². The van der Waals surface area contributed by atoms with E-state index in [4.69, 9.17) is 9.15 Å². The van der Waals surface area contributed by atoms with Gasteiger partial charge in [0.2, 0.25) is 5.91 Å². The molecule has 11 heteroatoms. The van der Waals surface area contributed by atoms with Crippen molar-refractivity contribution >= 4 is 40.1 Å². The molecule has 1 N–H and O–H groups in total. The molecule has 3 aromatic rings. The van der Waals surface area contributed by atoms with Gasteiger partial charge in [-0.05, 0) is 26.3 Å². The van der Waals surface area contributed by atoms with Gasteiger partial charge in [0.25, 0.3) is 0 Å². The van der Waals surface area contributed by atoms with Crippen molar-refractivity contribution < 1.29 is 18.7 Å². The van der Waals surface area contributed by atoms with Crippen molar-refractivity contribution in [2.24, 2.45) is 0 Å².